The number of rotatable bonds is 3. The molecule has 2 aromatic carbocycles. The maximum atomic E-state index is 13.6. The van der Waals surface area contributed by atoms with Crippen LogP contribution >= 0.6 is 11.6 Å². The van der Waals surface area contributed by atoms with Gasteiger partial charge in [-0.15, -0.1) is 0 Å². The van der Waals surface area contributed by atoms with E-state index in [1.165, 1.54) is 24.3 Å². The van der Waals surface area contributed by atoms with E-state index >= 15 is 0 Å². The van der Waals surface area contributed by atoms with Crippen LogP contribution in [-0.2, 0) is 4.79 Å². The zero-order valence-electron chi connectivity index (χ0n) is 10.9. The van der Waals surface area contributed by atoms with Gasteiger partial charge < -0.3 is 5.32 Å². The molecule has 0 aliphatic heterocycles. The summed E-state index contributed by atoms with van der Waals surface area (Å²) in [6.07, 6.45) is 0.687. The highest BCUT2D eigenvalue weighted by Crippen LogP contribution is 2.48. The molecule has 1 N–H and O–H groups in total. The van der Waals surface area contributed by atoms with E-state index in [0.717, 1.165) is 11.6 Å². The van der Waals surface area contributed by atoms with Crippen molar-refractivity contribution < 1.29 is 13.6 Å². The highest BCUT2D eigenvalue weighted by Gasteiger charge is 2.44. The molecule has 2 unspecified atom stereocenters. The average molecular weight is 308 g/mol. The summed E-state index contributed by atoms with van der Waals surface area (Å²) < 4.78 is 26.5. The molecule has 1 amide bonds. The number of carbonyl (C=O) groups excluding carboxylic acids is 1. The number of carbonyl (C=O) groups is 1. The van der Waals surface area contributed by atoms with Crippen LogP contribution in [0.4, 0.5) is 14.5 Å². The molecule has 2 aromatic rings. The van der Waals surface area contributed by atoms with Crippen LogP contribution in [0.15, 0.2) is 42.5 Å². The minimum atomic E-state index is -0.560. The summed E-state index contributed by atoms with van der Waals surface area (Å²) in [5.74, 6) is -1.23. The first-order valence-corrected chi connectivity index (χ1v) is 6.94. The number of anilines is 1. The second-order valence-electron chi connectivity index (χ2n) is 5.11. The fourth-order valence-corrected chi connectivity index (χ4v) is 2.54. The second kappa shape index (κ2) is 5.45. The zero-order chi connectivity index (χ0) is 15.0. The van der Waals surface area contributed by atoms with Crippen molar-refractivity contribution in [2.24, 2.45) is 5.92 Å². The SMILES string of the molecule is O=C(Nc1ccc(Cl)cc1F)C1CC1c1ccc(F)cc1. The molecule has 3 rings (SSSR count). The maximum absolute atomic E-state index is 13.6. The summed E-state index contributed by atoms with van der Waals surface area (Å²) in [7, 11) is 0. The molecular weight excluding hydrogens is 296 g/mol. The van der Waals surface area contributed by atoms with Crippen LogP contribution in [0, 0.1) is 17.6 Å². The van der Waals surface area contributed by atoms with Crippen molar-refractivity contribution in [3.63, 3.8) is 0 Å². The van der Waals surface area contributed by atoms with Crippen molar-refractivity contribution in [2.75, 3.05) is 5.32 Å². The quantitative estimate of drug-likeness (QED) is 0.897. The first kappa shape index (κ1) is 14.0. The van der Waals surface area contributed by atoms with Crippen molar-refractivity contribution in [1.82, 2.24) is 0 Å². The molecule has 0 aromatic heterocycles. The van der Waals surface area contributed by atoms with Crippen LogP contribution in [0.2, 0.25) is 5.02 Å². The van der Waals surface area contributed by atoms with Crippen LogP contribution in [0.5, 0.6) is 0 Å². The molecule has 108 valence electrons. The molecule has 2 atom stereocenters. The lowest BCUT2D eigenvalue weighted by molar-refractivity contribution is -0.117. The fourth-order valence-electron chi connectivity index (χ4n) is 2.38. The van der Waals surface area contributed by atoms with E-state index in [4.69, 9.17) is 11.6 Å². The molecule has 5 heteroatoms. The van der Waals surface area contributed by atoms with Gasteiger partial charge in [0.05, 0.1) is 5.69 Å². The van der Waals surface area contributed by atoms with Crippen molar-refractivity contribution in [3.05, 3.63) is 64.7 Å². The predicted molar refractivity (Wildman–Crippen MR) is 77.3 cm³/mol. The number of hydrogen-bond acceptors (Lipinski definition) is 1. The van der Waals surface area contributed by atoms with Gasteiger partial charge in [-0.25, -0.2) is 8.78 Å². The lowest BCUT2D eigenvalue weighted by atomic mass is 10.1. The fraction of sp³-hybridized carbons (Fsp3) is 0.188. The third kappa shape index (κ3) is 3.05. The molecule has 0 saturated heterocycles. The van der Waals surface area contributed by atoms with Gasteiger partial charge in [-0.1, -0.05) is 23.7 Å². The van der Waals surface area contributed by atoms with Gasteiger partial charge in [-0.2, -0.15) is 0 Å². The van der Waals surface area contributed by atoms with Gasteiger partial charge in [0.2, 0.25) is 5.91 Å². The smallest absolute Gasteiger partial charge is 0.228 e. The number of hydrogen-bond donors (Lipinski definition) is 1. The molecular formula is C16H12ClF2NO. The van der Waals surface area contributed by atoms with Gasteiger partial charge in [-0.3, -0.25) is 4.79 Å². The third-order valence-corrected chi connectivity index (χ3v) is 3.85. The lowest BCUT2D eigenvalue weighted by Gasteiger charge is -2.06. The summed E-state index contributed by atoms with van der Waals surface area (Å²) in [4.78, 5) is 12.1. The van der Waals surface area contributed by atoms with Gasteiger partial charge in [-0.05, 0) is 48.2 Å². The summed E-state index contributed by atoms with van der Waals surface area (Å²) in [6, 6.07) is 10.2. The van der Waals surface area contributed by atoms with E-state index in [1.54, 1.807) is 12.1 Å². The molecule has 1 aliphatic carbocycles. The Labute approximate surface area is 125 Å². The Morgan fingerprint density at radius 1 is 1.14 bits per heavy atom. The van der Waals surface area contributed by atoms with Gasteiger partial charge in [0, 0.05) is 10.9 Å². The number of benzene rings is 2. The molecule has 0 bridgehead atoms. The molecule has 0 heterocycles. The highest BCUT2D eigenvalue weighted by atomic mass is 35.5. The van der Waals surface area contributed by atoms with Gasteiger partial charge >= 0.3 is 0 Å². The van der Waals surface area contributed by atoms with E-state index in [1.807, 2.05) is 0 Å². The Kier molecular flexibility index (Phi) is 3.64. The van der Waals surface area contributed by atoms with Crippen LogP contribution < -0.4 is 5.32 Å². The summed E-state index contributed by atoms with van der Waals surface area (Å²) >= 11 is 5.66. The van der Waals surface area contributed by atoms with Crippen LogP contribution in [0.1, 0.15) is 17.9 Å². The molecule has 0 radical (unpaired) electrons. The standard InChI is InChI=1S/C16H12ClF2NO/c17-10-3-6-15(14(19)7-10)20-16(21)13-8-12(13)9-1-4-11(18)5-2-9/h1-7,12-13H,8H2,(H,20,21). The molecule has 1 aliphatic rings. The predicted octanol–water partition coefficient (Wildman–Crippen LogP) is 4.36. The van der Waals surface area contributed by atoms with Crippen LogP contribution in [-0.4, -0.2) is 5.91 Å². The number of nitrogens with one attached hydrogen (secondary N) is 1. The second-order valence-corrected chi connectivity index (χ2v) is 5.55. The van der Waals surface area contributed by atoms with Crippen molar-refractivity contribution in [3.8, 4) is 0 Å². The summed E-state index contributed by atoms with van der Waals surface area (Å²) in [5.41, 5.74) is 1.04. The van der Waals surface area contributed by atoms with Crippen LogP contribution in [0.3, 0.4) is 0 Å². The Balaban J connectivity index is 1.66. The maximum Gasteiger partial charge on any atom is 0.228 e. The zero-order valence-corrected chi connectivity index (χ0v) is 11.7. The monoisotopic (exact) mass is 307 g/mol. The van der Waals surface area contributed by atoms with Gasteiger partial charge in [0.25, 0.3) is 0 Å². The van der Waals surface area contributed by atoms with Crippen molar-refractivity contribution >= 4 is 23.2 Å². The van der Waals surface area contributed by atoms with E-state index in [0.29, 0.717) is 6.42 Å². The Hall–Kier alpha value is -1.94. The van der Waals surface area contributed by atoms with E-state index in [-0.39, 0.29) is 34.3 Å². The van der Waals surface area contributed by atoms with Gasteiger partial charge in [0.15, 0.2) is 0 Å². The molecule has 0 spiro atoms. The number of amides is 1. The summed E-state index contributed by atoms with van der Waals surface area (Å²) in [5, 5.41) is 2.84. The molecule has 1 fully saturated rings. The minimum absolute atomic E-state index is 0.0703. The molecule has 21 heavy (non-hydrogen) atoms. The largest absolute Gasteiger partial charge is 0.323 e. The Bertz CT molecular complexity index is 687. The van der Waals surface area contributed by atoms with Crippen molar-refractivity contribution in [2.45, 2.75) is 12.3 Å². The topological polar surface area (TPSA) is 29.1 Å². The highest BCUT2D eigenvalue weighted by molar-refractivity contribution is 6.30. The first-order valence-electron chi connectivity index (χ1n) is 6.56. The Morgan fingerprint density at radius 2 is 1.86 bits per heavy atom. The first-order chi connectivity index (χ1) is 10.0. The third-order valence-electron chi connectivity index (χ3n) is 3.61. The van der Waals surface area contributed by atoms with E-state index < -0.39 is 5.82 Å². The Morgan fingerprint density at radius 3 is 2.52 bits per heavy atom. The van der Waals surface area contributed by atoms with Crippen LogP contribution in [0.25, 0.3) is 0 Å². The number of halogens is 3. The lowest BCUT2D eigenvalue weighted by Crippen LogP contribution is -2.15. The van der Waals surface area contributed by atoms with E-state index in [9.17, 15) is 13.6 Å². The normalized spacial score (nSPS) is 20.1. The average Bonchev–Trinajstić information content (AvgIpc) is 3.23. The van der Waals surface area contributed by atoms with E-state index in [2.05, 4.69) is 5.32 Å². The minimum Gasteiger partial charge on any atom is -0.323 e. The van der Waals surface area contributed by atoms with Crippen molar-refractivity contribution in [1.29, 1.82) is 0 Å². The summed E-state index contributed by atoms with van der Waals surface area (Å²) in [6.45, 7) is 0. The molecule has 1 saturated carbocycles. The molecule has 2 nitrogen and oxygen atoms in total. The van der Waals surface area contributed by atoms with Gasteiger partial charge in [0.1, 0.15) is 11.6 Å².